The summed E-state index contributed by atoms with van der Waals surface area (Å²) in [5.41, 5.74) is 2.51. The molecular weight excluding hydrogens is 258 g/mol. The van der Waals surface area contributed by atoms with Crippen LogP contribution >= 0.6 is 0 Å². The number of hydrogen-bond donors (Lipinski definition) is 1. The molecule has 1 atom stereocenters. The Morgan fingerprint density at radius 2 is 1.57 bits per heavy atom. The third-order valence-corrected chi connectivity index (χ3v) is 3.41. The molecule has 0 bridgehead atoms. The molecule has 0 radical (unpaired) electrons. The van der Waals surface area contributed by atoms with Gasteiger partial charge in [-0.3, -0.25) is 0 Å². The maximum Gasteiger partial charge on any atom is 0.124 e. The quantitative estimate of drug-likeness (QED) is 0.803. The number of nitrogens with one attached hydrogen (secondary N) is 1. The number of rotatable bonds is 7. The van der Waals surface area contributed by atoms with Crippen LogP contribution in [0.2, 0.25) is 0 Å². The highest BCUT2D eigenvalue weighted by Crippen LogP contribution is 2.25. The van der Waals surface area contributed by atoms with Crippen molar-refractivity contribution < 1.29 is 4.74 Å². The fraction of sp³-hybridized carbons (Fsp3) is 0.368. The van der Waals surface area contributed by atoms with Gasteiger partial charge < -0.3 is 10.1 Å². The average molecular weight is 283 g/mol. The van der Waals surface area contributed by atoms with Gasteiger partial charge in [0.25, 0.3) is 0 Å². The standard InChI is InChI=1S/C19H25NO/c1-15(2)14-21-19-12-8-7-11-18(19)16(3)20-13-17-9-5-4-6-10-17/h4-12,15-16,20H,13-14H2,1-3H3. The first-order valence-corrected chi connectivity index (χ1v) is 7.66. The molecule has 21 heavy (non-hydrogen) atoms. The van der Waals surface area contributed by atoms with Crippen LogP contribution < -0.4 is 10.1 Å². The summed E-state index contributed by atoms with van der Waals surface area (Å²) >= 11 is 0. The smallest absolute Gasteiger partial charge is 0.124 e. The zero-order valence-corrected chi connectivity index (χ0v) is 13.2. The Kier molecular flexibility index (Phi) is 5.82. The van der Waals surface area contributed by atoms with E-state index in [4.69, 9.17) is 4.74 Å². The van der Waals surface area contributed by atoms with Gasteiger partial charge in [-0.15, -0.1) is 0 Å². The highest BCUT2D eigenvalue weighted by Gasteiger charge is 2.11. The Balaban J connectivity index is 1.99. The zero-order chi connectivity index (χ0) is 15.1. The van der Waals surface area contributed by atoms with Gasteiger partial charge in [-0.25, -0.2) is 0 Å². The van der Waals surface area contributed by atoms with E-state index in [1.807, 2.05) is 12.1 Å². The van der Waals surface area contributed by atoms with Gasteiger partial charge in [-0.2, -0.15) is 0 Å². The maximum absolute atomic E-state index is 5.93. The van der Waals surface area contributed by atoms with Crippen molar-refractivity contribution in [3.63, 3.8) is 0 Å². The van der Waals surface area contributed by atoms with Gasteiger partial charge in [0.15, 0.2) is 0 Å². The van der Waals surface area contributed by atoms with Crippen LogP contribution in [0.25, 0.3) is 0 Å². The molecule has 0 saturated heterocycles. The fourth-order valence-corrected chi connectivity index (χ4v) is 2.20. The van der Waals surface area contributed by atoms with E-state index in [1.165, 1.54) is 11.1 Å². The number of ether oxygens (including phenoxy) is 1. The molecule has 0 amide bonds. The van der Waals surface area contributed by atoms with E-state index in [0.29, 0.717) is 5.92 Å². The highest BCUT2D eigenvalue weighted by molar-refractivity contribution is 5.35. The molecule has 0 aliphatic heterocycles. The molecule has 1 N–H and O–H groups in total. The van der Waals surface area contributed by atoms with Crippen LogP contribution in [0.3, 0.4) is 0 Å². The Morgan fingerprint density at radius 1 is 0.905 bits per heavy atom. The van der Waals surface area contributed by atoms with Crippen molar-refractivity contribution in [3.05, 3.63) is 65.7 Å². The van der Waals surface area contributed by atoms with Crippen LogP contribution in [0.15, 0.2) is 54.6 Å². The molecule has 1 unspecified atom stereocenters. The van der Waals surface area contributed by atoms with E-state index < -0.39 is 0 Å². The molecule has 0 heterocycles. The Labute approximate surface area is 128 Å². The Hall–Kier alpha value is -1.80. The van der Waals surface area contributed by atoms with E-state index in [1.54, 1.807) is 0 Å². The molecule has 0 fully saturated rings. The lowest BCUT2D eigenvalue weighted by Gasteiger charge is -2.19. The molecule has 2 nitrogen and oxygen atoms in total. The molecule has 0 saturated carbocycles. The summed E-state index contributed by atoms with van der Waals surface area (Å²) in [5.74, 6) is 1.52. The van der Waals surface area contributed by atoms with Crippen LogP contribution in [0, 0.1) is 5.92 Å². The summed E-state index contributed by atoms with van der Waals surface area (Å²) in [4.78, 5) is 0. The Morgan fingerprint density at radius 3 is 2.29 bits per heavy atom. The lowest BCUT2D eigenvalue weighted by molar-refractivity contribution is 0.266. The molecule has 0 aromatic heterocycles. The molecule has 0 aliphatic rings. The van der Waals surface area contributed by atoms with Gasteiger partial charge in [0.2, 0.25) is 0 Å². The molecule has 0 spiro atoms. The monoisotopic (exact) mass is 283 g/mol. The summed E-state index contributed by atoms with van der Waals surface area (Å²) in [7, 11) is 0. The van der Waals surface area contributed by atoms with Gasteiger partial charge in [-0.05, 0) is 24.5 Å². The summed E-state index contributed by atoms with van der Waals surface area (Å²) in [6.45, 7) is 8.13. The van der Waals surface area contributed by atoms with Crippen LogP contribution in [-0.4, -0.2) is 6.61 Å². The maximum atomic E-state index is 5.93. The van der Waals surface area contributed by atoms with Crippen molar-refractivity contribution in [1.29, 1.82) is 0 Å². The largest absolute Gasteiger partial charge is 0.493 e. The van der Waals surface area contributed by atoms with E-state index in [0.717, 1.165) is 18.9 Å². The second-order valence-electron chi connectivity index (χ2n) is 5.83. The van der Waals surface area contributed by atoms with Gasteiger partial charge in [0.05, 0.1) is 6.61 Å². The highest BCUT2D eigenvalue weighted by atomic mass is 16.5. The summed E-state index contributed by atoms with van der Waals surface area (Å²) < 4.78 is 5.93. The first-order chi connectivity index (χ1) is 10.2. The first kappa shape index (κ1) is 15.6. The van der Waals surface area contributed by atoms with Gasteiger partial charge >= 0.3 is 0 Å². The van der Waals surface area contributed by atoms with E-state index in [9.17, 15) is 0 Å². The second-order valence-corrected chi connectivity index (χ2v) is 5.83. The first-order valence-electron chi connectivity index (χ1n) is 7.66. The predicted molar refractivity (Wildman–Crippen MR) is 88.5 cm³/mol. The third kappa shape index (κ3) is 4.91. The molecule has 2 rings (SSSR count). The molecule has 112 valence electrons. The summed E-state index contributed by atoms with van der Waals surface area (Å²) in [5, 5.41) is 3.56. The van der Waals surface area contributed by atoms with Gasteiger partial charge in [-0.1, -0.05) is 62.4 Å². The minimum absolute atomic E-state index is 0.258. The van der Waals surface area contributed by atoms with Crippen LogP contribution in [0.5, 0.6) is 5.75 Å². The van der Waals surface area contributed by atoms with Gasteiger partial charge in [0, 0.05) is 18.2 Å². The zero-order valence-electron chi connectivity index (χ0n) is 13.2. The molecule has 2 heteroatoms. The SMILES string of the molecule is CC(C)COc1ccccc1C(C)NCc1ccccc1. The summed E-state index contributed by atoms with van der Waals surface area (Å²) in [6.07, 6.45) is 0. The van der Waals surface area contributed by atoms with Crippen molar-refractivity contribution in [2.45, 2.75) is 33.4 Å². The minimum atomic E-state index is 0.258. The van der Waals surface area contributed by atoms with Crippen molar-refractivity contribution in [3.8, 4) is 5.75 Å². The number of hydrogen-bond acceptors (Lipinski definition) is 2. The van der Waals surface area contributed by atoms with Gasteiger partial charge in [0.1, 0.15) is 5.75 Å². The lowest BCUT2D eigenvalue weighted by atomic mass is 10.1. The van der Waals surface area contributed by atoms with Crippen molar-refractivity contribution in [2.24, 2.45) is 5.92 Å². The number of benzene rings is 2. The van der Waals surface area contributed by atoms with E-state index in [-0.39, 0.29) is 6.04 Å². The topological polar surface area (TPSA) is 21.3 Å². The molecule has 0 aliphatic carbocycles. The van der Waals surface area contributed by atoms with Crippen molar-refractivity contribution in [1.82, 2.24) is 5.32 Å². The van der Waals surface area contributed by atoms with Crippen molar-refractivity contribution >= 4 is 0 Å². The van der Waals surface area contributed by atoms with Crippen LogP contribution in [0.4, 0.5) is 0 Å². The minimum Gasteiger partial charge on any atom is -0.493 e. The van der Waals surface area contributed by atoms with E-state index >= 15 is 0 Å². The Bertz CT molecular complexity index is 536. The van der Waals surface area contributed by atoms with E-state index in [2.05, 4.69) is 68.6 Å². The lowest BCUT2D eigenvalue weighted by Crippen LogP contribution is -2.19. The molecule has 2 aromatic rings. The van der Waals surface area contributed by atoms with Crippen LogP contribution in [0.1, 0.15) is 37.9 Å². The van der Waals surface area contributed by atoms with Crippen LogP contribution in [-0.2, 0) is 6.54 Å². The predicted octanol–water partition coefficient (Wildman–Crippen LogP) is 4.57. The normalized spacial score (nSPS) is 12.4. The second kappa shape index (κ2) is 7.84. The molecular formula is C19H25NO. The average Bonchev–Trinajstić information content (AvgIpc) is 2.52. The molecule has 2 aromatic carbocycles. The number of para-hydroxylation sites is 1. The van der Waals surface area contributed by atoms with Crippen molar-refractivity contribution in [2.75, 3.05) is 6.61 Å². The summed E-state index contributed by atoms with van der Waals surface area (Å²) in [6, 6.07) is 19.0. The fourth-order valence-electron chi connectivity index (χ4n) is 2.20. The third-order valence-electron chi connectivity index (χ3n) is 3.41.